The Balaban J connectivity index is 1.66. The Kier molecular flexibility index (Phi) is 3.88. The molecule has 118 valence electrons. The van der Waals surface area contributed by atoms with Gasteiger partial charge < -0.3 is 9.88 Å². The highest BCUT2D eigenvalue weighted by atomic mass is 32.2. The van der Waals surface area contributed by atoms with E-state index in [4.69, 9.17) is 0 Å². The topological polar surface area (TPSA) is 63.1 Å². The van der Waals surface area contributed by atoms with Crippen molar-refractivity contribution in [1.82, 2.24) is 14.6 Å². The van der Waals surface area contributed by atoms with E-state index in [1.807, 2.05) is 18.5 Å². The van der Waals surface area contributed by atoms with Crippen LogP contribution in [0.5, 0.6) is 0 Å². The van der Waals surface area contributed by atoms with Crippen molar-refractivity contribution in [1.29, 1.82) is 0 Å². The van der Waals surface area contributed by atoms with Crippen LogP contribution in [-0.2, 0) is 23.6 Å². The molecule has 0 aromatic carbocycles. The van der Waals surface area contributed by atoms with Crippen LogP contribution in [0.3, 0.4) is 0 Å². The number of rotatable bonds is 8. The Bertz CT molecular complexity index is 613. The second-order valence-corrected chi connectivity index (χ2v) is 8.29. The smallest absolute Gasteiger partial charge is 0.242 e. The number of hydrogen-bond acceptors (Lipinski definition) is 3. The largest absolute Gasteiger partial charge is 0.352 e. The van der Waals surface area contributed by atoms with E-state index >= 15 is 0 Å². The van der Waals surface area contributed by atoms with Gasteiger partial charge in [0.25, 0.3) is 0 Å². The van der Waals surface area contributed by atoms with Crippen LogP contribution in [0, 0.1) is 11.3 Å². The van der Waals surface area contributed by atoms with Crippen molar-refractivity contribution in [2.75, 3.05) is 13.1 Å². The molecule has 1 heterocycles. The molecule has 0 spiro atoms. The van der Waals surface area contributed by atoms with Crippen LogP contribution in [0.2, 0.25) is 0 Å². The summed E-state index contributed by atoms with van der Waals surface area (Å²) >= 11 is 0. The minimum atomic E-state index is -3.38. The standard InChI is InChI=1S/C15H25N3O2S/c1-3-16-9-13-8-14(10-18(13)2)21(19,20)17-11-15(6-7-15)12-4-5-12/h8,10,12,16-17H,3-7,9,11H2,1-2H3. The minimum absolute atomic E-state index is 0.286. The van der Waals surface area contributed by atoms with Gasteiger partial charge in [0.1, 0.15) is 0 Å². The van der Waals surface area contributed by atoms with Crippen LogP contribution < -0.4 is 10.0 Å². The fourth-order valence-electron chi connectivity index (χ4n) is 3.06. The summed E-state index contributed by atoms with van der Waals surface area (Å²) < 4.78 is 29.6. The zero-order chi connectivity index (χ0) is 15.1. The fraction of sp³-hybridized carbons (Fsp3) is 0.733. The van der Waals surface area contributed by atoms with Crippen molar-refractivity contribution >= 4 is 10.0 Å². The Labute approximate surface area is 127 Å². The van der Waals surface area contributed by atoms with Gasteiger partial charge in [-0.2, -0.15) is 0 Å². The quantitative estimate of drug-likeness (QED) is 0.766. The third kappa shape index (κ3) is 3.17. The Morgan fingerprint density at radius 2 is 2.10 bits per heavy atom. The normalized spacial score (nSPS) is 20.7. The van der Waals surface area contributed by atoms with E-state index < -0.39 is 10.0 Å². The molecule has 0 amide bonds. The summed E-state index contributed by atoms with van der Waals surface area (Å²) in [6.07, 6.45) is 6.62. The average molecular weight is 311 g/mol. The van der Waals surface area contributed by atoms with Crippen molar-refractivity contribution in [3.63, 3.8) is 0 Å². The fourth-order valence-corrected chi connectivity index (χ4v) is 4.29. The van der Waals surface area contributed by atoms with Crippen LogP contribution >= 0.6 is 0 Å². The molecule has 0 unspecified atom stereocenters. The predicted octanol–water partition coefficient (Wildman–Crippen LogP) is 1.60. The molecule has 2 fully saturated rings. The summed E-state index contributed by atoms with van der Waals surface area (Å²) in [7, 11) is -1.50. The number of hydrogen-bond donors (Lipinski definition) is 2. The molecule has 0 bridgehead atoms. The molecule has 1 aromatic rings. The van der Waals surface area contributed by atoms with Crippen LogP contribution in [0.1, 0.15) is 38.3 Å². The van der Waals surface area contributed by atoms with E-state index in [0.717, 1.165) is 18.2 Å². The highest BCUT2D eigenvalue weighted by Gasteiger charge is 2.53. The number of nitrogens with one attached hydrogen (secondary N) is 2. The monoisotopic (exact) mass is 311 g/mol. The van der Waals surface area contributed by atoms with Crippen LogP contribution in [0.15, 0.2) is 17.2 Å². The maximum atomic E-state index is 12.4. The second-order valence-electron chi connectivity index (χ2n) is 6.52. The lowest BCUT2D eigenvalue weighted by molar-refractivity contribution is 0.432. The van der Waals surface area contributed by atoms with Gasteiger partial charge in [-0.1, -0.05) is 6.92 Å². The van der Waals surface area contributed by atoms with E-state index in [1.54, 1.807) is 12.3 Å². The van der Waals surface area contributed by atoms with E-state index in [0.29, 0.717) is 18.0 Å². The van der Waals surface area contributed by atoms with E-state index in [1.165, 1.54) is 25.7 Å². The van der Waals surface area contributed by atoms with Gasteiger partial charge >= 0.3 is 0 Å². The Morgan fingerprint density at radius 3 is 2.67 bits per heavy atom. The summed E-state index contributed by atoms with van der Waals surface area (Å²) in [5, 5.41) is 3.22. The molecule has 2 aliphatic rings. The van der Waals surface area contributed by atoms with Crippen molar-refractivity contribution < 1.29 is 8.42 Å². The SMILES string of the molecule is CCNCc1cc(S(=O)(=O)NCC2(C3CC3)CC2)cn1C. The lowest BCUT2D eigenvalue weighted by Gasteiger charge is -2.14. The van der Waals surface area contributed by atoms with E-state index in [2.05, 4.69) is 10.0 Å². The molecule has 0 saturated heterocycles. The molecule has 5 nitrogen and oxygen atoms in total. The van der Waals surface area contributed by atoms with Crippen molar-refractivity contribution in [3.8, 4) is 0 Å². The molecular formula is C15H25N3O2S. The van der Waals surface area contributed by atoms with Gasteiger partial charge in [-0.3, -0.25) is 0 Å². The zero-order valence-electron chi connectivity index (χ0n) is 12.9. The van der Waals surface area contributed by atoms with Gasteiger partial charge in [-0.15, -0.1) is 0 Å². The maximum absolute atomic E-state index is 12.4. The van der Waals surface area contributed by atoms with Gasteiger partial charge in [-0.25, -0.2) is 13.1 Å². The third-order valence-corrected chi connectivity index (χ3v) is 6.27. The summed E-state index contributed by atoms with van der Waals surface area (Å²) in [6.45, 7) is 4.20. The Hall–Kier alpha value is -0.850. The van der Waals surface area contributed by atoms with Gasteiger partial charge in [-0.05, 0) is 49.6 Å². The molecule has 3 rings (SSSR count). The highest BCUT2D eigenvalue weighted by molar-refractivity contribution is 7.89. The second kappa shape index (κ2) is 5.41. The van der Waals surface area contributed by atoms with Gasteiger partial charge in [0, 0.05) is 32.0 Å². The number of sulfonamides is 1. The van der Waals surface area contributed by atoms with Gasteiger partial charge in [0.15, 0.2) is 0 Å². The number of aryl methyl sites for hydroxylation is 1. The molecule has 1 aromatic heterocycles. The van der Waals surface area contributed by atoms with Crippen LogP contribution in [-0.4, -0.2) is 26.1 Å². The first-order valence-electron chi connectivity index (χ1n) is 7.82. The van der Waals surface area contributed by atoms with E-state index in [9.17, 15) is 8.42 Å². The molecule has 2 aliphatic carbocycles. The summed E-state index contributed by atoms with van der Waals surface area (Å²) in [5.74, 6) is 0.764. The first-order chi connectivity index (χ1) is 9.97. The molecular weight excluding hydrogens is 286 g/mol. The molecule has 2 saturated carbocycles. The Morgan fingerprint density at radius 1 is 1.38 bits per heavy atom. The van der Waals surface area contributed by atoms with Crippen molar-refractivity contribution in [2.45, 2.75) is 44.0 Å². The molecule has 0 atom stereocenters. The minimum Gasteiger partial charge on any atom is -0.352 e. The van der Waals surface area contributed by atoms with Gasteiger partial charge in [0.2, 0.25) is 10.0 Å². The summed E-state index contributed by atoms with van der Waals surface area (Å²) in [5.41, 5.74) is 1.27. The van der Waals surface area contributed by atoms with E-state index in [-0.39, 0.29) is 5.41 Å². The molecule has 0 radical (unpaired) electrons. The van der Waals surface area contributed by atoms with Crippen molar-refractivity contribution in [2.24, 2.45) is 18.4 Å². The highest BCUT2D eigenvalue weighted by Crippen LogP contribution is 2.60. The molecule has 6 heteroatoms. The first-order valence-corrected chi connectivity index (χ1v) is 9.31. The lowest BCUT2D eigenvalue weighted by atomic mass is 10.0. The summed E-state index contributed by atoms with van der Waals surface area (Å²) in [4.78, 5) is 0.379. The first kappa shape index (κ1) is 15.1. The lowest BCUT2D eigenvalue weighted by Crippen LogP contribution is -2.31. The number of aromatic nitrogens is 1. The number of nitrogens with zero attached hydrogens (tertiary/aromatic N) is 1. The zero-order valence-corrected chi connectivity index (χ0v) is 13.7. The molecule has 0 aliphatic heterocycles. The maximum Gasteiger partial charge on any atom is 0.242 e. The van der Waals surface area contributed by atoms with Crippen molar-refractivity contribution in [3.05, 3.63) is 18.0 Å². The molecule has 21 heavy (non-hydrogen) atoms. The predicted molar refractivity (Wildman–Crippen MR) is 82.4 cm³/mol. The van der Waals surface area contributed by atoms with Gasteiger partial charge in [0.05, 0.1) is 4.90 Å². The summed E-state index contributed by atoms with van der Waals surface area (Å²) in [6, 6.07) is 1.77. The molecule has 2 N–H and O–H groups in total. The van der Waals surface area contributed by atoms with Crippen LogP contribution in [0.25, 0.3) is 0 Å². The third-order valence-electron chi connectivity index (χ3n) is 4.90. The average Bonchev–Trinajstić information content (AvgIpc) is 3.33. The van der Waals surface area contributed by atoms with Crippen LogP contribution in [0.4, 0.5) is 0 Å².